The molecular formula is C14H23N4O2+. The van der Waals surface area contributed by atoms with E-state index in [0.29, 0.717) is 5.84 Å². The predicted molar refractivity (Wildman–Crippen MR) is 78.6 cm³/mol. The van der Waals surface area contributed by atoms with Gasteiger partial charge in [-0.2, -0.15) is 0 Å². The molecule has 1 heterocycles. The first kappa shape index (κ1) is 15.9. The first-order valence-electron chi connectivity index (χ1n) is 6.40. The Labute approximate surface area is 119 Å². The lowest BCUT2D eigenvalue weighted by Crippen LogP contribution is -2.32. The molecule has 0 aliphatic rings. The van der Waals surface area contributed by atoms with Gasteiger partial charge in [0.2, 0.25) is 0 Å². The van der Waals surface area contributed by atoms with Gasteiger partial charge in [-0.25, -0.2) is 4.57 Å². The number of pyridine rings is 1. The second-order valence-corrected chi connectivity index (χ2v) is 5.49. The van der Waals surface area contributed by atoms with Crippen molar-refractivity contribution < 1.29 is 14.1 Å². The number of amidine groups is 1. The highest BCUT2D eigenvalue weighted by molar-refractivity contribution is 6.02. The molecule has 0 unspecified atom stereocenters. The second-order valence-electron chi connectivity index (χ2n) is 5.49. The van der Waals surface area contributed by atoms with Crippen molar-refractivity contribution in [2.75, 3.05) is 18.9 Å². The number of ether oxygens (including phenoxy) is 1. The van der Waals surface area contributed by atoms with E-state index in [0.717, 1.165) is 11.3 Å². The summed E-state index contributed by atoms with van der Waals surface area (Å²) < 4.78 is 7.11. The van der Waals surface area contributed by atoms with Gasteiger partial charge in [-0.1, -0.05) is 0 Å². The van der Waals surface area contributed by atoms with E-state index in [1.807, 2.05) is 50.8 Å². The number of hydrogen-bond acceptors (Lipinski definition) is 4. The fourth-order valence-electron chi connectivity index (χ4n) is 1.63. The van der Waals surface area contributed by atoms with E-state index in [9.17, 15) is 4.79 Å². The number of nitrogens with zero attached hydrogens (tertiary/aromatic N) is 2. The van der Waals surface area contributed by atoms with Crippen LogP contribution in [0.3, 0.4) is 0 Å². The molecule has 0 atom stereocenters. The lowest BCUT2D eigenvalue weighted by molar-refractivity contribution is -0.670. The van der Waals surface area contributed by atoms with Crippen LogP contribution in [0.4, 0.5) is 5.69 Å². The Morgan fingerprint density at radius 3 is 2.70 bits per heavy atom. The summed E-state index contributed by atoms with van der Waals surface area (Å²) in [6, 6.07) is 1.85. The molecule has 110 valence electrons. The molecule has 0 aromatic carbocycles. The smallest absolute Gasteiger partial charge is 0.325 e. The van der Waals surface area contributed by atoms with Crippen LogP contribution in [0.5, 0.6) is 0 Å². The Morgan fingerprint density at radius 1 is 1.50 bits per heavy atom. The Morgan fingerprint density at radius 2 is 2.15 bits per heavy atom. The highest BCUT2D eigenvalue weighted by atomic mass is 16.6. The molecule has 6 nitrogen and oxygen atoms in total. The molecule has 3 N–H and O–H groups in total. The maximum atomic E-state index is 11.7. The van der Waals surface area contributed by atoms with Gasteiger partial charge in [-0.05, 0) is 20.8 Å². The number of rotatable bonds is 4. The topological polar surface area (TPSA) is 80.6 Å². The Bertz CT molecular complexity index is 518. The molecule has 0 fully saturated rings. The number of hydrogen-bond donors (Lipinski definition) is 2. The molecule has 1 aromatic rings. The average Bonchev–Trinajstić information content (AvgIpc) is 2.33. The van der Waals surface area contributed by atoms with Crippen LogP contribution in [0.25, 0.3) is 0 Å². The maximum absolute atomic E-state index is 11.7. The third kappa shape index (κ3) is 4.87. The minimum absolute atomic E-state index is 0.0747. The van der Waals surface area contributed by atoms with Crippen molar-refractivity contribution in [3.05, 3.63) is 24.0 Å². The van der Waals surface area contributed by atoms with E-state index < -0.39 is 5.60 Å². The molecule has 0 spiro atoms. The summed E-state index contributed by atoms with van der Waals surface area (Å²) in [5.74, 6) is 0.0965. The number of aromatic nitrogens is 1. The number of carbonyl (C=O) groups is 1. The van der Waals surface area contributed by atoms with Crippen molar-refractivity contribution >= 4 is 17.5 Å². The summed E-state index contributed by atoms with van der Waals surface area (Å²) in [6.07, 6.45) is 3.71. The summed E-state index contributed by atoms with van der Waals surface area (Å²) in [4.78, 5) is 15.7. The molecule has 0 radical (unpaired) electrons. The van der Waals surface area contributed by atoms with Gasteiger partial charge in [-0.3, -0.25) is 9.79 Å². The Hall–Kier alpha value is -2.11. The first-order chi connectivity index (χ1) is 9.23. The third-order valence-electron chi connectivity index (χ3n) is 2.46. The molecule has 0 aliphatic heterocycles. The van der Waals surface area contributed by atoms with E-state index in [-0.39, 0.29) is 12.5 Å². The average molecular weight is 279 g/mol. The number of nitrogens with two attached hydrogens (primary N) is 1. The number of aryl methyl sites for hydroxylation is 1. The van der Waals surface area contributed by atoms with Crippen LogP contribution < -0.4 is 15.6 Å². The largest absolute Gasteiger partial charge is 0.459 e. The van der Waals surface area contributed by atoms with Gasteiger partial charge in [-0.15, -0.1) is 0 Å². The molecule has 0 bridgehead atoms. The molecule has 0 amide bonds. The fraction of sp³-hybridized carbons (Fsp3) is 0.500. The standard InChI is InChI=1S/C14H23N4O2/c1-14(2,3)20-12(19)8-17-11-9-18(5)7-6-10(11)13(15)16-4/h6-7,9,17H,8H2,1-5H3,(H2,15,16)/q+1. The van der Waals surface area contributed by atoms with Crippen LogP contribution in [0, 0.1) is 0 Å². The molecule has 20 heavy (non-hydrogen) atoms. The van der Waals surface area contributed by atoms with Crippen LogP contribution in [-0.2, 0) is 16.6 Å². The molecule has 1 rings (SSSR count). The fourth-order valence-corrected chi connectivity index (χ4v) is 1.63. The number of nitrogens with one attached hydrogen (secondary N) is 1. The number of aliphatic imine (C=N–C) groups is 1. The molecule has 0 saturated heterocycles. The zero-order chi connectivity index (χ0) is 15.3. The van der Waals surface area contributed by atoms with E-state index in [4.69, 9.17) is 10.5 Å². The van der Waals surface area contributed by atoms with Gasteiger partial charge < -0.3 is 15.8 Å². The quantitative estimate of drug-likeness (QED) is 0.366. The Balaban J connectivity index is 2.82. The van der Waals surface area contributed by atoms with Crippen molar-refractivity contribution in [2.24, 2.45) is 17.8 Å². The van der Waals surface area contributed by atoms with E-state index in [1.54, 1.807) is 7.05 Å². The minimum Gasteiger partial charge on any atom is -0.459 e. The summed E-state index contributed by atoms with van der Waals surface area (Å²) in [5.41, 5.74) is 6.84. The monoisotopic (exact) mass is 279 g/mol. The highest BCUT2D eigenvalue weighted by Gasteiger charge is 2.17. The lowest BCUT2D eigenvalue weighted by atomic mass is 10.2. The van der Waals surface area contributed by atoms with Crippen molar-refractivity contribution in [3.8, 4) is 0 Å². The lowest BCUT2D eigenvalue weighted by Gasteiger charge is -2.19. The normalized spacial score (nSPS) is 12.2. The van der Waals surface area contributed by atoms with Gasteiger partial charge in [0.25, 0.3) is 0 Å². The van der Waals surface area contributed by atoms with E-state index in [1.165, 1.54) is 0 Å². The zero-order valence-corrected chi connectivity index (χ0v) is 12.7. The summed E-state index contributed by atoms with van der Waals surface area (Å²) >= 11 is 0. The zero-order valence-electron chi connectivity index (χ0n) is 12.7. The summed E-state index contributed by atoms with van der Waals surface area (Å²) in [7, 11) is 3.52. The Kier molecular flexibility index (Phi) is 5.07. The maximum Gasteiger partial charge on any atom is 0.325 e. The van der Waals surface area contributed by atoms with Crippen molar-refractivity contribution in [2.45, 2.75) is 26.4 Å². The third-order valence-corrected chi connectivity index (χ3v) is 2.46. The van der Waals surface area contributed by atoms with Crippen LogP contribution in [0.1, 0.15) is 26.3 Å². The summed E-state index contributed by atoms with van der Waals surface area (Å²) in [6.45, 7) is 5.58. The van der Waals surface area contributed by atoms with E-state index >= 15 is 0 Å². The molecule has 0 saturated carbocycles. The molecule has 1 aromatic heterocycles. The first-order valence-corrected chi connectivity index (χ1v) is 6.40. The minimum atomic E-state index is -0.493. The van der Waals surface area contributed by atoms with Crippen LogP contribution in [-0.4, -0.2) is 31.0 Å². The second kappa shape index (κ2) is 6.36. The van der Waals surface area contributed by atoms with Crippen LogP contribution in [0.2, 0.25) is 0 Å². The van der Waals surface area contributed by atoms with Gasteiger partial charge in [0.05, 0.1) is 5.56 Å². The molecular weight excluding hydrogens is 256 g/mol. The van der Waals surface area contributed by atoms with Crippen molar-refractivity contribution in [3.63, 3.8) is 0 Å². The number of esters is 1. The van der Waals surface area contributed by atoms with Gasteiger partial charge >= 0.3 is 5.97 Å². The van der Waals surface area contributed by atoms with Crippen molar-refractivity contribution in [1.82, 2.24) is 0 Å². The van der Waals surface area contributed by atoms with Crippen LogP contribution >= 0.6 is 0 Å². The summed E-state index contributed by atoms with van der Waals surface area (Å²) in [5, 5.41) is 3.04. The van der Waals surface area contributed by atoms with Crippen LogP contribution in [0.15, 0.2) is 23.5 Å². The number of carbonyl (C=O) groups excluding carboxylic acids is 1. The highest BCUT2D eigenvalue weighted by Crippen LogP contribution is 2.13. The van der Waals surface area contributed by atoms with Gasteiger partial charge in [0, 0.05) is 13.1 Å². The van der Waals surface area contributed by atoms with Gasteiger partial charge in [0.15, 0.2) is 12.4 Å². The number of anilines is 1. The van der Waals surface area contributed by atoms with Gasteiger partial charge in [0.1, 0.15) is 30.7 Å². The van der Waals surface area contributed by atoms with Crippen molar-refractivity contribution in [1.29, 1.82) is 0 Å². The van der Waals surface area contributed by atoms with E-state index in [2.05, 4.69) is 10.3 Å². The molecule has 0 aliphatic carbocycles. The molecule has 6 heteroatoms. The SMILES string of the molecule is CN=C(N)c1cc[n+](C)cc1NCC(=O)OC(C)(C)C. The predicted octanol–water partition coefficient (Wildman–Crippen LogP) is 0.600.